The maximum atomic E-state index is 13.0. The number of nitrogens with one attached hydrogen (secondary N) is 1. The van der Waals surface area contributed by atoms with Gasteiger partial charge in [-0.2, -0.15) is 0 Å². The summed E-state index contributed by atoms with van der Waals surface area (Å²) in [5, 5.41) is 8.60. The van der Waals surface area contributed by atoms with E-state index in [4.69, 9.17) is 9.51 Å². The van der Waals surface area contributed by atoms with Crippen LogP contribution in [0.2, 0.25) is 0 Å². The molecule has 0 spiro atoms. The monoisotopic (exact) mass is 472 g/mol. The largest absolute Gasteiger partial charge is 0.361 e. The summed E-state index contributed by atoms with van der Waals surface area (Å²) in [6.45, 7) is 3.80. The standard InChI is InChI=1S/C25H20N4O2S2/c1-15-20(16(2)31-29-15)14-32-25-19(6-5-13-26-25)23(30)27-18-11-9-17(10-12-18)24-28-21-7-3-4-8-22(21)33-24/h3-13H,14H2,1-2H3,(H,27,30). The Hall–Kier alpha value is -3.49. The minimum absolute atomic E-state index is 0.197. The number of amides is 1. The molecule has 1 amide bonds. The summed E-state index contributed by atoms with van der Waals surface area (Å²) in [6.07, 6.45) is 1.69. The Balaban J connectivity index is 1.30. The number of nitrogens with zero attached hydrogens (tertiary/aromatic N) is 3. The van der Waals surface area contributed by atoms with E-state index in [0.717, 1.165) is 43.5 Å². The molecule has 6 nitrogen and oxygen atoms in total. The summed E-state index contributed by atoms with van der Waals surface area (Å²) < 4.78 is 6.39. The molecule has 3 heterocycles. The van der Waals surface area contributed by atoms with Gasteiger partial charge in [0.2, 0.25) is 0 Å². The van der Waals surface area contributed by atoms with E-state index in [1.54, 1.807) is 29.7 Å². The fourth-order valence-electron chi connectivity index (χ4n) is 3.42. The molecule has 8 heteroatoms. The molecule has 0 aliphatic rings. The normalized spacial score (nSPS) is 11.1. The van der Waals surface area contributed by atoms with E-state index in [-0.39, 0.29) is 5.91 Å². The number of fused-ring (bicyclic) bond motifs is 1. The van der Waals surface area contributed by atoms with Gasteiger partial charge in [-0.05, 0) is 62.4 Å². The van der Waals surface area contributed by atoms with E-state index in [0.29, 0.717) is 16.3 Å². The predicted octanol–water partition coefficient (Wildman–Crippen LogP) is 6.51. The fourth-order valence-corrected chi connectivity index (χ4v) is 5.53. The Morgan fingerprint density at radius 1 is 1.06 bits per heavy atom. The molecule has 0 unspecified atom stereocenters. The van der Waals surface area contributed by atoms with Crippen LogP contribution in [0.1, 0.15) is 27.4 Å². The molecule has 0 aliphatic carbocycles. The average molecular weight is 473 g/mol. The van der Waals surface area contributed by atoms with Crippen LogP contribution in [0.15, 0.2) is 76.4 Å². The predicted molar refractivity (Wildman–Crippen MR) is 133 cm³/mol. The average Bonchev–Trinajstić information content (AvgIpc) is 3.41. The zero-order chi connectivity index (χ0) is 22.8. The lowest BCUT2D eigenvalue weighted by Gasteiger charge is -2.09. The third kappa shape index (κ3) is 4.53. The number of benzene rings is 2. The third-order valence-electron chi connectivity index (χ3n) is 5.23. The highest BCUT2D eigenvalue weighted by atomic mass is 32.2. The summed E-state index contributed by atoms with van der Waals surface area (Å²) in [4.78, 5) is 22.1. The van der Waals surface area contributed by atoms with Gasteiger partial charge in [-0.1, -0.05) is 17.3 Å². The van der Waals surface area contributed by atoms with Gasteiger partial charge in [0.25, 0.3) is 5.91 Å². The second-order valence-corrected chi connectivity index (χ2v) is 9.46. The molecule has 5 aromatic rings. The zero-order valence-electron chi connectivity index (χ0n) is 18.0. The van der Waals surface area contributed by atoms with Crippen LogP contribution in [0.25, 0.3) is 20.8 Å². The quantitative estimate of drug-likeness (QED) is 0.284. The van der Waals surface area contributed by atoms with E-state index in [9.17, 15) is 4.79 Å². The Morgan fingerprint density at radius 3 is 2.64 bits per heavy atom. The molecular formula is C25H20N4O2S2. The second kappa shape index (κ2) is 9.17. The maximum absolute atomic E-state index is 13.0. The van der Waals surface area contributed by atoms with E-state index in [1.165, 1.54) is 11.8 Å². The number of anilines is 1. The van der Waals surface area contributed by atoms with Crippen molar-refractivity contribution in [2.24, 2.45) is 0 Å². The highest BCUT2D eigenvalue weighted by molar-refractivity contribution is 7.98. The first kappa shape index (κ1) is 21.4. The topological polar surface area (TPSA) is 80.9 Å². The second-order valence-electron chi connectivity index (χ2n) is 7.47. The number of aromatic nitrogens is 3. The van der Waals surface area contributed by atoms with Gasteiger partial charge in [0, 0.05) is 28.8 Å². The maximum Gasteiger partial charge on any atom is 0.258 e. The number of hydrogen-bond donors (Lipinski definition) is 1. The van der Waals surface area contributed by atoms with E-state index >= 15 is 0 Å². The molecule has 0 radical (unpaired) electrons. The summed E-state index contributed by atoms with van der Waals surface area (Å²) in [5.41, 5.74) is 5.15. The number of rotatable bonds is 6. The zero-order valence-corrected chi connectivity index (χ0v) is 19.7. The van der Waals surface area contributed by atoms with Gasteiger partial charge < -0.3 is 9.84 Å². The first-order chi connectivity index (χ1) is 16.1. The van der Waals surface area contributed by atoms with Crippen LogP contribution in [0.3, 0.4) is 0 Å². The van der Waals surface area contributed by atoms with Crippen LogP contribution in [0.4, 0.5) is 5.69 Å². The number of hydrogen-bond acceptors (Lipinski definition) is 7. The molecular weight excluding hydrogens is 452 g/mol. The van der Waals surface area contributed by atoms with Crippen LogP contribution in [0.5, 0.6) is 0 Å². The van der Waals surface area contributed by atoms with Crippen molar-refractivity contribution in [2.75, 3.05) is 5.32 Å². The lowest BCUT2D eigenvalue weighted by Crippen LogP contribution is -2.13. The van der Waals surface area contributed by atoms with Crippen molar-refractivity contribution < 1.29 is 9.32 Å². The molecule has 3 aromatic heterocycles. The van der Waals surface area contributed by atoms with Crippen LogP contribution < -0.4 is 5.32 Å². The minimum atomic E-state index is -0.197. The number of carbonyl (C=O) groups is 1. The van der Waals surface area contributed by atoms with Crippen molar-refractivity contribution in [1.29, 1.82) is 0 Å². The molecule has 164 valence electrons. The van der Waals surface area contributed by atoms with E-state index in [2.05, 4.69) is 21.5 Å². The minimum Gasteiger partial charge on any atom is -0.361 e. The van der Waals surface area contributed by atoms with Gasteiger partial charge >= 0.3 is 0 Å². The van der Waals surface area contributed by atoms with Crippen molar-refractivity contribution in [1.82, 2.24) is 15.1 Å². The van der Waals surface area contributed by atoms with Gasteiger partial charge in [-0.3, -0.25) is 4.79 Å². The first-order valence-electron chi connectivity index (χ1n) is 10.4. The highest BCUT2D eigenvalue weighted by Gasteiger charge is 2.16. The third-order valence-corrected chi connectivity index (χ3v) is 7.35. The number of aryl methyl sites for hydroxylation is 2. The molecule has 0 bridgehead atoms. The number of pyridine rings is 1. The van der Waals surface area contributed by atoms with Crippen molar-refractivity contribution in [3.05, 3.63) is 89.4 Å². The Morgan fingerprint density at radius 2 is 1.88 bits per heavy atom. The Bertz CT molecular complexity index is 1390. The van der Waals surface area contributed by atoms with Crippen LogP contribution in [-0.2, 0) is 5.75 Å². The van der Waals surface area contributed by atoms with Gasteiger partial charge in [-0.15, -0.1) is 23.1 Å². The molecule has 0 aliphatic heterocycles. The summed E-state index contributed by atoms with van der Waals surface area (Å²) in [6, 6.07) is 19.4. The summed E-state index contributed by atoms with van der Waals surface area (Å²) >= 11 is 3.15. The molecule has 0 saturated heterocycles. The van der Waals surface area contributed by atoms with Crippen molar-refractivity contribution in [3.8, 4) is 10.6 Å². The number of thiazole rings is 1. The lowest BCUT2D eigenvalue weighted by molar-refractivity contribution is 0.102. The number of para-hydroxylation sites is 1. The Kier molecular flexibility index (Phi) is 5.93. The van der Waals surface area contributed by atoms with Gasteiger partial charge in [0.05, 0.1) is 21.5 Å². The highest BCUT2D eigenvalue weighted by Crippen LogP contribution is 2.31. The summed E-state index contributed by atoms with van der Waals surface area (Å²) in [5.74, 6) is 1.22. The van der Waals surface area contributed by atoms with E-state index < -0.39 is 0 Å². The number of carbonyl (C=O) groups excluding carboxylic acids is 1. The fraction of sp³-hybridized carbons (Fsp3) is 0.120. The summed E-state index contributed by atoms with van der Waals surface area (Å²) in [7, 11) is 0. The SMILES string of the molecule is Cc1noc(C)c1CSc1ncccc1C(=O)Nc1ccc(-c2nc3ccccc3s2)cc1. The molecule has 1 N–H and O–H groups in total. The van der Waals surface area contributed by atoms with Crippen LogP contribution in [-0.4, -0.2) is 21.0 Å². The molecule has 0 atom stereocenters. The molecule has 0 fully saturated rings. The molecule has 2 aromatic carbocycles. The van der Waals surface area contributed by atoms with Gasteiger partial charge in [-0.25, -0.2) is 9.97 Å². The molecule has 0 saturated carbocycles. The van der Waals surface area contributed by atoms with E-state index in [1.807, 2.05) is 56.3 Å². The lowest BCUT2D eigenvalue weighted by atomic mass is 10.2. The van der Waals surface area contributed by atoms with Crippen molar-refractivity contribution in [2.45, 2.75) is 24.6 Å². The van der Waals surface area contributed by atoms with Crippen molar-refractivity contribution >= 4 is 44.9 Å². The number of thioether (sulfide) groups is 1. The van der Waals surface area contributed by atoms with Crippen LogP contribution in [0, 0.1) is 13.8 Å². The van der Waals surface area contributed by atoms with Gasteiger partial charge in [0.1, 0.15) is 15.8 Å². The van der Waals surface area contributed by atoms with Crippen LogP contribution >= 0.6 is 23.1 Å². The smallest absolute Gasteiger partial charge is 0.258 e. The molecule has 33 heavy (non-hydrogen) atoms. The molecule has 5 rings (SSSR count). The van der Waals surface area contributed by atoms with Gasteiger partial charge in [0.15, 0.2) is 0 Å². The first-order valence-corrected chi connectivity index (χ1v) is 12.2. The Labute approximate surface area is 199 Å². The van der Waals surface area contributed by atoms with Crippen molar-refractivity contribution in [3.63, 3.8) is 0 Å².